The van der Waals surface area contributed by atoms with Crippen molar-refractivity contribution >= 4 is 5.91 Å². The van der Waals surface area contributed by atoms with Gasteiger partial charge >= 0.3 is 0 Å². The zero-order valence-corrected chi connectivity index (χ0v) is 9.14. The van der Waals surface area contributed by atoms with E-state index in [4.69, 9.17) is 5.73 Å². The Balaban J connectivity index is 2.52. The van der Waals surface area contributed by atoms with Gasteiger partial charge in [0.2, 0.25) is 0 Å². The Labute approximate surface area is 92.9 Å². The summed E-state index contributed by atoms with van der Waals surface area (Å²) in [5, 5.41) is 0. The minimum atomic E-state index is -0.531. The van der Waals surface area contributed by atoms with Crippen LogP contribution in [0.25, 0.3) is 5.69 Å². The minimum absolute atomic E-state index is 0.253. The highest BCUT2D eigenvalue weighted by Gasteiger charge is 2.07. The van der Waals surface area contributed by atoms with E-state index in [9.17, 15) is 4.79 Å². The van der Waals surface area contributed by atoms with Crippen LogP contribution in [0.5, 0.6) is 0 Å². The lowest BCUT2D eigenvalue weighted by Crippen LogP contribution is -2.13. The molecule has 0 radical (unpaired) electrons. The molecule has 2 N–H and O–H groups in total. The number of hydrogen-bond donors (Lipinski definition) is 1. The number of nitrogens with two attached hydrogens (primary N) is 1. The first-order valence-electron chi connectivity index (χ1n) is 4.86. The summed E-state index contributed by atoms with van der Waals surface area (Å²) in [6.45, 7) is 3.90. The van der Waals surface area contributed by atoms with Gasteiger partial charge in [-0.25, -0.2) is 4.98 Å². The third-order valence-corrected chi connectivity index (χ3v) is 2.53. The number of amides is 1. The summed E-state index contributed by atoms with van der Waals surface area (Å²) >= 11 is 0. The minimum Gasteiger partial charge on any atom is -0.364 e. The van der Waals surface area contributed by atoms with Crippen molar-refractivity contribution in [1.29, 1.82) is 0 Å². The van der Waals surface area contributed by atoms with Crippen molar-refractivity contribution in [3.05, 3.63) is 41.7 Å². The standard InChI is InChI=1S/C11H12N4O/c1-7-8(2)15(6-14-7)9-3-4-13-10(5-9)11(12)16/h3-6H,1-2H3,(H2,12,16). The molecule has 0 aliphatic carbocycles. The van der Waals surface area contributed by atoms with Crippen molar-refractivity contribution in [3.8, 4) is 5.69 Å². The average molecular weight is 216 g/mol. The van der Waals surface area contributed by atoms with Crippen LogP contribution in [0.1, 0.15) is 21.9 Å². The van der Waals surface area contributed by atoms with Crippen LogP contribution < -0.4 is 5.73 Å². The number of primary amides is 1. The molecule has 2 aromatic rings. The van der Waals surface area contributed by atoms with Gasteiger partial charge in [0.15, 0.2) is 0 Å². The molecule has 2 rings (SSSR count). The zero-order chi connectivity index (χ0) is 11.7. The molecule has 5 heteroatoms. The van der Waals surface area contributed by atoms with Gasteiger partial charge in [-0.2, -0.15) is 0 Å². The van der Waals surface area contributed by atoms with Gasteiger partial charge in [-0.05, 0) is 26.0 Å². The van der Waals surface area contributed by atoms with Gasteiger partial charge in [0.05, 0.1) is 17.7 Å². The molecule has 0 saturated heterocycles. The average Bonchev–Trinajstić information content (AvgIpc) is 2.60. The molecule has 0 saturated carbocycles. The van der Waals surface area contributed by atoms with Crippen molar-refractivity contribution in [1.82, 2.24) is 14.5 Å². The van der Waals surface area contributed by atoms with E-state index in [1.807, 2.05) is 18.4 Å². The predicted molar refractivity (Wildman–Crippen MR) is 59.4 cm³/mol. The fourth-order valence-corrected chi connectivity index (χ4v) is 1.46. The maximum absolute atomic E-state index is 11.0. The summed E-state index contributed by atoms with van der Waals surface area (Å²) in [7, 11) is 0. The number of aromatic nitrogens is 3. The van der Waals surface area contributed by atoms with Gasteiger partial charge in [-0.15, -0.1) is 0 Å². The van der Waals surface area contributed by atoms with Crippen molar-refractivity contribution in [2.45, 2.75) is 13.8 Å². The van der Waals surface area contributed by atoms with Crippen LogP contribution in [0.15, 0.2) is 24.7 Å². The molecule has 0 unspecified atom stereocenters. The Kier molecular flexibility index (Phi) is 2.44. The van der Waals surface area contributed by atoms with Gasteiger partial charge in [0.1, 0.15) is 5.69 Å². The topological polar surface area (TPSA) is 73.8 Å². The normalized spacial score (nSPS) is 10.4. The highest BCUT2D eigenvalue weighted by atomic mass is 16.1. The molecule has 0 spiro atoms. The first-order valence-corrected chi connectivity index (χ1v) is 4.86. The van der Waals surface area contributed by atoms with Gasteiger partial charge in [-0.3, -0.25) is 9.78 Å². The third-order valence-electron chi connectivity index (χ3n) is 2.53. The third kappa shape index (κ3) is 1.67. The maximum atomic E-state index is 11.0. The number of rotatable bonds is 2. The lowest BCUT2D eigenvalue weighted by atomic mass is 10.3. The van der Waals surface area contributed by atoms with Crippen LogP contribution in [-0.4, -0.2) is 20.4 Å². The van der Waals surface area contributed by atoms with Crippen LogP contribution in [-0.2, 0) is 0 Å². The van der Waals surface area contributed by atoms with Crippen LogP contribution in [0.3, 0.4) is 0 Å². The molecule has 0 aromatic carbocycles. The number of carbonyl (C=O) groups excluding carboxylic acids is 1. The summed E-state index contributed by atoms with van der Waals surface area (Å²) in [6, 6.07) is 3.46. The quantitative estimate of drug-likeness (QED) is 0.813. The second-order valence-corrected chi connectivity index (χ2v) is 3.55. The Hall–Kier alpha value is -2.17. The molecule has 16 heavy (non-hydrogen) atoms. The number of imidazole rings is 1. The van der Waals surface area contributed by atoms with Gasteiger partial charge in [0.25, 0.3) is 5.91 Å². The largest absolute Gasteiger partial charge is 0.364 e. The number of nitrogens with zero attached hydrogens (tertiary/aromatic N) is 3. The summed E-state index contributed by atoms with van der Waals surface area (Å²) < 4.78 is 1.89. The number of carbonyl (C=O) groups is 1. The summed E-state index contributed by atoms with van der Waals surface area (Å²) in [5.41, 5.74) is 8.25. The van der Waals surface area contributed by atoms with Gasteiger partial charge < -0.3 is 10.3 Å². The highest BCUT2D eigenvalue weighted by molar-refractivity contribution is 5.91. The van der Waals surface area contributed by atoms with Crippen LogP contribution in [0.2, 0.25) is 0 Å². The second kappa shape index (κ2) is 3.77. The SMILES string of the molecule is Cc1ncn(-c2ccnc(C(N)=O)c2)c1C. The maximum Gasteiger partial charge on any atom is 0.267 e. The van der Waals surface area contributed by atoms with E-state index < -0.39 is 5.91 Å². The summed E-state index contributed by atoms with van der Waals surface area (Å²) in [5.74, 6) is -0.531. The van der Waals surface area contributed by atoms with E-state index in [2.05, 4.69) is 9.97 Å². The van der Waals surface area contributed by atoms with Crippen LogP contribution in [0, 0.1) is 13.8 Å². The van der Waals surface area contributed by atoms with Gasteiger partial charge in [-0.1, -0.05) is 0 Å². The molecule has 5 nitrogen and oxygen atoms in total. The van der Waals surface area contributed by atoms with Gasteiger partial charge in [0, 0.05) is 11.9 Å². The van der Waals surface area contributed by atoms with Crippen LogP contribution in [0.4, 0.5) is 0 Å². The van der Waals surface area contributed by atoms with Crippen LogP contribution >= 0.6 is 0 Å². The molecular weight excluding hydrogens is 204 g/mol. The number of hydrogen-bond acceptors (Lipinski definition) is 3. The Morgan fingerprint density at radius 3 is 2.69 bits per heavy atom. The molecule has 0 aliphatic rings. The van der Waals surface area contributed by atoms with E-state index in [1.54, 1.807) is 24.7 Å². The smallest absolute Gasteiger partial charge is 0.267 e. The number of pyridine rings is 1. The van der Waals surface area contributed by atoms with E-state index in [1.165, 1.54) is 0 Å². The van der Waals surface area contributed by atoms with E-state index >= 15 is 0 Å². The fourth-order valence-electron chi connectivity index (χ4n) is 1.46. The lowest BCUT2D eigenvalue weighted by molar-refractivity contribution is 0.0995. The Morgan fingerprint density at radius 2 is 2.12 bits per heavy atom. The van der Waals surface area contributed by atoms with E-state index in [0.29, 0.717) is 0 Å². The zero-order valence-electron chi connectivity index (χ0n) is 9.14. The van der Waals surface area contributed by atoms with Crippen molar-refractivity contribution in [2.75, 3.05) is 0 Å². The highest BCUT2D eigenvalue weighted by Crippen LogP contribution is 2.13. The molecule has 2 aromatic heterocycles. The van der Waals surface area contributed by atoms with Crippen molar-refractivity contribution < 1.29 is 4.79 Å². The Morgan fingerprint density at radius 1 is 1.38 bits per heavy atom. The van der Waals surface area contributed by atoms with Crippen molar-refractivity contribution in [3.63, 3.8) is 0 Å². The summed E-state index contributed by atoms with van der Waals surface area (Å²) in [6.07, 6.45) is 3.27. The first-order chi connectivity index (χ1) is 7.59. The molecule has 0 fully saturated rings. The van der Waals surface area contributed by atoms with E-state index in [0.717, 1.165) is 17.1 Å². The molecular formula is C11H12N4O. The molecule has 0 bridgehead atoms. The number of aryl methyl sites for hydroxylation is 1. The van der Waals surface area contributed by atoms with E-state index in [-0.39, 0.29) is 5.69 Å². The fraction of sp³-hybridized carbons (Fsp3) is 0.182. The molecule has 0 atom stereocenters. The molecule has 2 heterocycles. The van der Waals surface area contributed by atoms with Crippen molar-refractivity contribution in [2.24, 2.45) is 5.73 Å². The Bertz CT molecular complexity index is 545. The molecule has 82 valence electrons. The predicted octanol–water partition coefficient (Wildman–Crippen LogP) is 0.983. The lowest BCUT2D eigenvalue weighted by Gasteiger charge is -2.05. The molecule has 1 amide bonds. The monoisotopic (exact) mass is 216 g/mol. The molecule has 0 aliphatic heterocycles. The second-order valence-electron chi connectivity index (χ2n) is 3.55. The first kappa shape index (κ1) is 10.4. The summed E-state index contributed by atoms with van der Waals surface area (Å²) in [4.78, 5) is 19.1.